The lowest BCUT2D eigenvalue weighted by atomic mass is 10.2. The molecule has 0 aliphatic heterocycles. The van der Waals surface area contributed by atoms with Crippen molar-refractivity contribution in [2.24, 2.45) is 0 Å². The summed E-state index contributed by atoms with van der Waals surface area (Å²) in [5, 5.41) is 7.68. The van der Waals surface area contributed by atoms with Gasteiger partial charge in [0.25, 0.3) is 0 Å². The minimum Gasteiger partial charge on any atom is -0.324 e. The maximum Gasteiger partial charge on any atom is 0.227 e. The van der Waals surface area contributed by atoms with Gasteiger partial charge in [0.2, 0.25) is 5.95 Å². The molecule has 8 nitrogen and oxygen atoms in total. The normalized spacial score (nSPS) is 10.8. The molecule has 4 aromatic heterocycles. The highest BCUT2D eigenvalue weighted by molar-refractivity contribution is 5.62. The second-order valence-electron chi connectivity index (χ2n) is 7.03. The van der Waals surface area contributed by atoms with Gasteiger partial charge in [-0.1, -0.05) is 0 Å². The van der Waals surface area contributed by atoms with Gasteiger partial charge in [-0.3, -0.25) is 9.97 Å². The van der Waals surface area contributed by atoms with E-state index in [-0.39, 0.29) is 0 Å². The summed E-state index contributed by atoms with van der Waals surface area (Å²) in [6.07, 6.45) is 7.75. The van der Waals surface area contributed by atoms with Crippen LogP contribution in [0.1, 0.15) is 5.69 Å². The summed E-state index contributed by atoms with van der Waals surface area (Å²) in [4.78, 5) is 21.2. The number of hydrogen-bond donors (Lipinski definition) is 1. The Morgan fingerprint density at radius 1 is 0.875 bits per heavy atom. The van der Waals surface area contributed by atoms with Crippen LogP contribution < -0.4 is 5.32 Å². The number of pyridine rings is 2. The maximum absolute atomic E-state index is 13.5. The van der Waals surface area contributed by atoms with E-state index in [1.54, 1.807) is 35.7 Å². The minimum absolute atomic E-state index is 0.398. The SMILES string of the molecule is Cc1ccc(-c2ncn(-c3ccc(Nc4nccc(-c5cncc(F)c5)n4)cc3)n2)cn1. The van der Waals surface area contributed by atoms with E-state index in [1.807, 2.05) is 43.3 Å². The molecule has 0 spiro atoms. The fraction of sp³-hybridized carbons (Fsp3) is 0.0435. The third-order valence-corrected chi connectivity index (χ3v) is 4.71. The van der Waals surface area contributed by atoms with Crippen LogP contribution in [0.5, 0.6) is 0 Å². The summed E-state index contributed by atoms with van der Waals surface area (Å²) in [7, 11) is 0. The molecule has 0 saturated heterocycles. The first-order chi connectivity index (χ1) is 15.6. The van der Waals surface area contributed by atoms with E-state index in [1.165, 1.54) is 6.07 Å². The van der Waals surface area contributed by atoms with Crippen molar-refractivity contribution in [3.8, 4) is 28.3 Å². The molecule has 0 radical (unpaired) electrons. The van der Waals surface area contributed by atoms with Crippen LogP contribution in [-0.2, 0) is 0 Å². The summed E-state index contributed by atoms with van der Waals surface area (Å²) >= 11 is 0. The van der Waals surface area contributed by atoms with Crippen LogP contribution in [0.2, 0.25) is 0 Å². The van der Waals surface area contributed by atoms with Gasteiger partial charge in [-0.2, -0.15) is 0 Å². The van der Waals surface area contributed by atoms with Gasteiger partial charge in [0.1, 0.15) is 12.1 Å². The first-order valence-electron chi connectivity index (χ1n) is 9.80. The van der Waals surface area contributed by atoms with Crippen molar-refractivity contribution in [2.75, 3.05) is 5.32 Å². The third-order valence-electron chi connectivity index (χ3n) is 4.71. The Kier molecular flexibility index (Phi) is 5.04. The van der Waals surface area contributed by atoms with Gasteiger partial charge in [-0.25, -0.2) is 24.0 Å². The molecule has 0 amide bonds. The Morgan fingerprint density at radius 3 is 2.53 bits per heavy atom. The molecular weight excluding hydrogens is 407 g/mol. The summed E-state index contributed by atoms with van der Waals surface area (Å²) in [5.41, 5.74) is 4.61. The monoisotopic (exact) mass is 424 g/mol. The predicted molar refractivity (Wildman–Crippen MR) is 118 cm³/mol. The third kappa shape index (κ3) is 4.17. The zero-order valence-corrected chi connectivity index (χ0v) is 17.0. The highest BCUT2D eigenvalue weighted by Gasteiger charge is 2.08. The van der Waals surface area contributed by atoms with Crippen molar-refractivity contribution in [3.63, 3.8) is 0 Å². The molecular formula is C23H17FN8. The zero-order valence-electron chi connectivity index (χ0n) is 17.0. The number of hydrogen-bond acceptors (Lipinski definition) is 7. The molecule has 5 rings (SSSR count). The van der Waals surface area contributed by atoms with Crippen molar-refractivity contribution >= 4 is 11.6 Å². The number of rotatable bonds is 5. The number of nitrogens with one attached hydrogen (secondary N) is 1. The van der Waals surface area contributed by atoms with Crippen LogP contribution in [-0.4, -0.2) is 34.7 Å². The summed E-state index contributed by atoms with van der Waals surface area (Å²) < 4.78 is 15.2. The summed E-state index contributed by atoms with van der Waals surface area (Å²) in [6.45, 7) is 1.94. The molecule has 32 heavy (non-hydrogen) atoms. The molecule has 0 unspecified atom stereocenters. The Labute approximate surface area is 182 Å². The Morgan fingerprint density at radius 2 is 1.75 bits per heavy atom. The van der Waals surface area contributed by atoms with Crippen molar-refractivity contribution < 1.29 is 4.39 Å². The average Bonchev–Trinajstić information content (AvgIpc) is 3.31. The number of aryl methyl sites for hydroxylation is 1. The van der Waals surface area contributed by atoms with Crippen LogP contribution in [0.4, 0.5) is 16.0 Å². The quantitative estimate of drug-likeness (QED) is 0.448. The van der Waals surface area contributed by atoms with E-state index in [0.717, 1.165) is 28.8 Å². The molecule has 0 aliphatic carbocycles. The van der Waals surface area contributed by atoms with Gasteiger partial charge < -0.3 is 5.32 Å². The summed E-state index contributed by atoms with van der Waals surface area (Å²) in [6, 6.07) is 14.6. The molecule has 1 aromatic carbocycles. The highest BCUT2D eigenvalue weighted by atomic mass is 19.1. The molecule has 0 aliphatic rings. The lowest BCUT2D eigenvalue weighted by Crippen LogP contribution is -1.99. The second-order valence-corrected chi connectivity index (χ2v) is 7.03. The molecule has 0 bridgehead atoms. The van der Waals surface area contributed by atoms with E-state index >= 15 is 0 Å². The lowest BCUT2D eigenvalue weighted by Gasteiger charge is -2.08. The van der Waals surface area contributed by atoms with Crippen LogP contribution >= 0.6 is 0 Å². The van der Waals surface area contributed by atoms with Crippen LogP contribution in [0.25, 0.3) is 28.3 Å². The number of halogens is 1. The number of nitrogens with zero attached hydrogens (tertiary/aromatic N) is 7. The number of benzene rings is 1. The number of aromatic nitrogens is 7. The number of anilines is 2. The van der Waals surface area contributed by atoms with Gasteiger partial charge in [-0.05, 0) is 55.5 Å². The average molecular weight is 424 g/mol. The Bertz CT molecular complexity index is 1360. The smallest absolute Gasteiger partial charge is 0.227 e. The topological polar surface area (TPSA) is 94.3 Å². The molecule has 0 atom stereocenters. The minimum atomic E-state index is -0.416. The molecule has 9 heteroatoms. The molecule has 1 N–H and O–H groups in total. The van der Waals surface area contributed by atoms with Crippen molar-refractivity contribution in [3.05, 3.63) is 91.2 Å². The van der Waals surface area contributed by atoms with Gasteiger partial charge in [0, 0.05) is 41.1 Å². The molecule has 156 valence electrons. The fourth-order valence-corrected chi connectivity index (χ4v) is 3.08. The molecule has 0 saturated carbocycles. The van der Waals surface area contributed by atoms with E-state index in [2.05, 4.69) is 35.3 Å². The van der Waals surface area contributed by atoms with E-state index in [0.29, 0.717) is 23.0 Å². The standard InChI is InChI=1S/C23H17FN8/c1-15-2-3-16(12-27-15)22-28-14-32(31-22)20-6-4-19(5-7-20)29-23-26-9-8-21(30-23)17-10-18(24)13-25-11-17/h2-14H,1H3,(H,26,29,30). The van der Waals surface area contributed by atoms with Crippen LogP contribution in [0.15, 0.2) is 79.6 Å². The first kappa shape index (κ1) is 19.4. The van der Waals surface area contributed by atoms with Crippen molar-refractivity contribution in [1.82, 2.24) is 34.7 Å². The lowest BCUT2D eigenvalue weighted by molar-refractivity contribution is 0.622. The largest absolute Gasteiger partial charge is 0.324 e. The fourth-order valence-electron chi connectivity index (χ4n) is 3.08. The van der Waals surface area contributed by atoms with Crippen molar-refractivity contribution in [1.29, 1.82) is 0 Å². The van der Waals surface area contributed by atoms with Gasteiger partial charge in [0.05, 0.1) is 17.6 Å². The molecule has 5 aromatic rings. The first-order valence-corrected chi connectivity index (χ1v) is 9.80. The molecule has 0 fully saturated rings. The van der Waals surface area contributed by atoms with Gasteiger partial charge >= 0.3 is 0 Å². The van der Waals surface area contributed by atoms with Crippen LogP contribution in [0.3, 0.4) is 0 Å². The van der Waals surface area contributed by atoms with E-state index in [9.17, 15) is 4.39 Å². The highest BCUT2D eigenvalue weighted by Crippen LogP contribution is 2.21. The van der Waals surface area contributed by atoms with E-state index < -0.39 is 5.82 Å². The zero-order chi connectivity index (χ0) is 21.9. The second kappa shape index (κ2) is 8.31. The predicted octanol–water partition coefficient (Wildman–Crippen LogP) is 4.37. The van der Waals surface area contributed by atoms with Gasteiger partial charge in [-0.15, -0.1) is 5.10 Å². The van der Waals surface area contributed by atoms with Crippen molar-refractivity contribution in [2.45, 2.75) is 6.92 Å². The van der Waals surface area contributed by atoms with E-state index in [4.69, 9.17) is 0 Å². The Hall–Kier alpha value is -4.53. The summed E-state index contributed by atoms with van der Waals surface area (Å²) in [5.74, 6) is 0.590. The van der Waals surface area contributed by atoms with Gasteiger partial charge in [0.15, 0.2) is 5.82 Å². The maximum atomic E-state index is 13.5. The molecule has 4 heterocycles. The van der Waals surface area contributed by atoms with Crippen LogP contribution in [0, 0.1) is 12.7 Å². The Balaban J connectivity index is 1.33.